The van der Waals surface area contributed by atoms with Crippen LogP contribution in [0.15, 0.2) is 41.0 Å². The molecule has 0 saturated carbocycles. The third-order valence-corrected chi connectivity index (χ3v) is 3.68. The number of hydrogen-bond acceptors (Lipinski definition) is 3. The molecule has 2 N–H and O–H groups in total. The van der Waals surface area contributed by atoms with E-state index in [1.807, 2.05) is 18.2 Å². The number of nitrogens with zero attached hydrogens (tertiary/aromatic N) is 2. The predicted molar refractivity (Wildman–Crippen MR) is 88.2 cm³/mol. The smallest absolute Gasteiger partial charge is 0.286 e. The Morgan fingerprint density at radius 3 is 2.52 bits per heavy atom. The van der Waals surface area contributed by atoms with Gasteiger partial charge in [0.15, 0.2) is 0 Å². The fourth-order valence-electron chi connectivity index (χ4n) is 2.01. The van der Waals surface area contributed by atoms with E-state index in [1.54, 1.807) is 36.0 Å². The molecule has 118 valence electrons. The zero-order chi connectivity index (χ0) is 16.8. The number of amides is 2. The van der Waals surface area contributed by atoms with Crippen LogP contribution >= 0.6 is 15.9 Å². The summed E-state index contributed by atoms with van der Waals surface area (Å²) in [6.07, 6.45) is 2.52. The molecule has 0 spiro atoms. The van der Waals surface area contributed by atoms with Crippen LogP contribution in [0, 0.1) is 11.3 Å². The van der Waals surface area contributed by atoms with Gasteiger partial charge >= 0.3 is 0 Å². The minimum atomic E-state index is -0.384. The molecule has 2 aromatic rings. The zero-order valence-electron chi connectivity index (χ0n) is 12.5. The SMILES string of the molecule is Cn1cc(Br)cc1C(=O)NNC(=O)CCc1ccc(C#N)cc1. The van der Waals surface area contributed by atoms with Gasteiger partial charge in [-0.25, -0.2) is 0 Å². The van der Waals surface area contributed by atoms with Crippen LogP contribution in [-0.2, 0) is 18.3 Å². The van der Waals surface area contributed by atoms with Gasteiger partial charge in [0.25, 0.3) is 5.91 Å². The van der Waals surface area contributed by atoms with E-state index in [0.717, 1.165) is 10.0 Å². The first-order valence-electron chi connectivity index (χ1n) is 6.89. The molecule has 23 heavy (non-hydrogen) atoms. The molecule has 1 heterocycles. The Morgan fingerprint density at radius 1 is 1.26 bits per heavy atom. The van der Waals surface area contributed by atoms with Crippen molar-refractivity contribution in [2.45, 2.75) is 12.8 Å². The summed E-state index contributed by atoms with van der Waals surface area (Å²) < 4.78 is 2.44. The number of aromatic nitrogens is 1. The molecular weight excluding hydrogens is 360 g/mol. The first-order valence-corrected chi connectivity index (χ1v) is 7.69. The van der Waals surface area contributed by atoms with E-state index >= 15 is 0 Å². The fourth-order valence-corrected chi connectivity index (χ4v) is 2.53. The molecule has 6 nitrogen and oxygen atoms in total. The molecule has 0 aliphatic heterocycles. The third-order valence-electron chi connectivity index (χ3n) is 3.24. The van der Waals surface area contributed by atoms with Gasteiger partial charge in [0.1, 0.15) is 5.69 Å². The number of nitriles is 1. The number of carbonyl (C=O) groups is 2. The number of nitrogens with one attached hydrogen (secondary N) is 2. The molecule has 0 saturated heterocycles. The molecule has 0 atom stereocenters. The maximum absolute atomic E-state index is 11.9. The van der Waals surface area contributed by atoms with Gasteiger partial charge in [-0.05, 0) is 46.1 Å². The second kappa shape index (κ2) is 7.61. The lowest BCUT2D eigenvalue weighted by molar-refractivity contribution is -0.121. The maximum Gasteiger partial charge on any atom is 0.286 e. The molecule has 0 radical (unpaired) electrons. The Bertz CT molecular complexity index is 759. The molecule has 7 heteroatoms. The van der Waals surface area contributed by atoms with Crippen LogP contribution in [0.5, 0.6) is 0 Å². The lowest BCUT2D eigenvalue weighted by Gasteiger charge is -2.08. The highest BCUT2D eigenvalue weighted by Crippen LogP contribution is 2.13. The predicted octanol–water partition coefficient (Wildman–Crippen LogP) is 2.05. The summed E-state index contributed by atoms with van der Waals surface area (Å²) in [4.78, 5) is 23.7. The summed E-state index contributed by atoms with van der Waals surface area (Å²) >= 11 is 3.28. The average Bonchev–Trinajstić information content (AvgIpc) is 2.89. The molecule has 0 aliphatic rings. The fraction of sp³-hybridized carbons (Fsp3) is 0.188. The monoisotopic (exact) mass is 374 g/mol. The summed E-state index contributed by atoms with van der Waals surface area (Å²) in [7, 11) is 1.74. The number of hydrazine groups is 1. The summed E-state index contributed by atoms with van der Waals surface area (Å²) in [5, 5.41) is 8.72. The Morgan fingerprint density at radius 2 is 1.96 bits per heavy atom. The van der Waals surface area contributed by atoms with E-state index in [0.29, 0.717) is 17.7 Å². The van der Waals surface area contributed by atoms with Crippen molar-refractivity contribution in [2.24, 2.45) is 7.05 Å². The van der Waals surface area contributed by atoms with E-state index in [2.05, 4.69) is 26.8 Å². The van der Waals surface area contributed by atoms with E-state index in [9.17, 15) is 9.59 Å². The highest BCUT2D eigenvalue weighted by molar-refractivity contribution is 9.10. The first kappa shape index (κ1) is 16.8. The molecule has 0 bridgehead atoms. The number of benzene rings is 1. The van der Waals surface area contributed by atoms with Crippen LogP contribution in [0.25, 0.3) is 0 Å². The van der Waals surface area contributed by atoms with Gasteiger partial charge in [0, 0.05) is 24.1 Å². The van der Waals surface area contributed by atoms with Crippen LogP contribution in [0.2, 0.25) is 0 Å². The van der Waals surface area contributed by atoms with Crippen molar-refractivity contribution in [1.29, 1.82) is 5.26 Å². The van der Waals surface area contributed by atoms with Crippen LogP contribution in [0.3, 0.4) is 0 Å². The van der Waals surface area contributed by atoms with Crippen molar-refractivity contribution in [1.82, 2.24) is 15.4 Å². The minimum Gasteiger partial charge on any atom is -0.345 e. The van der Waals surface area contributed by atoms with Crippen molar-refractivity contribution >= 4 is 27.7 Å². The Balaban J connectivity index is 1.79. The Hall–Kier alpha value is -2.59. The zero-order valence-corrected chi connectivity index (χ0v) is 14.1. The van der Waals surface area contributed by atoms with Crippen LogP contribution in [-0.4, -0.2) is 16.4 Å². The minimum absolute atomic E-state index is 0.239. The van der Waals surface area contributed by atoms with Crippen LogP contribution in [0.4, 0.5) is 0 Å². The number of hydrogen-bond donors (Lipinski definition) is 2. The summed E-state index contributed by atoms with van der Waals surface area (Å²) in [5.41, 5.74) is 6.75. The van der Waals surface area contributed by atoms with Crippen molar-refractivity contribution in [3.63, 3.8) is 0 Å². The molecule has 0 fully saturated rings. The first-order chi connectivity index (χ1) is 11.0. The molecule has 0 unspecified atom stereocenters. The molecular formula is C16H15BrN4O2. The van der Waals surface area contributed by atoms with Gasteiger partial charge in [0.05, 0.1) is 11.6 Å². The number of aryl methyl sites for hydroxylation is 2. The largest absolute Gasteiger partial charge is 0.345 e. The lowest BCUT2D eigenvalue weighted by Crippen LogP contribution is -2.42. The quantitative estimate of drug-likeness (QED) is 0.802. The molecule has 1 aromatic carbocycles. The normalized spacial score (nSPS) is 9.96. The van der Waals surface area contributed by atoms with E-state index in [-0.39, 0.29) is 18.2 Å². The number of rotatable bonds is 4. The average molecular weight is 375 g/mol. The van der Waals surface area contributed by atoms with Crippen molar-refractivity contribution in [3.05, 3.63) is 57.8 Å². The van der Waals surface area contributed by atoms with Gasteiger partial charge in [-0.2, -0.15) is 5.26 Å². The number of halogens is 1. The van der Waals surface area contributed by atoms with Gasteiger partial charge in [0.2, 0.25) is 5.91 Å². The van der Waals surface area contributed by atoms with Gasteiger partial charge in [-0.3, -0.25) is 20.4 Å². The molecule has 2 amide bonds. The number of carbonyl (C=O) groups excluding carboxylic acids is 2. The highest BCUT2D eigenvalue weighted by Gasteiger charge is 2.11. The van der Waals surface area contributed by atoms with E-state index in [1.165, 1.54) is 0 Å². The van der Waals surface area contributed by atoms with Crippen LogP contribution < -0.4 is 10.9 Å². The molecule has 2 rings (SSSR count). The second-order valence-electron chi connectivity index (χ2n) is 4.97. The summed E-state index contributed by atoms with van der Waals surface area (Å²) in [6, 6.07) is 10.8. The van der Waals surface area contributed by atoms with Crippen LogP contribution in [0.1, 0.15) is 28.0 Å². The second-order valence-corrected chi connectivity index (χ2v) is 5.88. The topological polar surface area (TPSA) is 86.9 Å². The summed E-state index contributed by atoms with van der Waals surface area (Å²) in [5.74, 6) is -0.666. The van der Waals surface area contributed by atoms with E-state index in [4.69, 9.17) is 5.26 Å². The molecule has 0 aliphatic carbocycles. The summed E-state index contributed by atoms with van der Waals surface area (Å²) in [6.45, 7) is 0. The van der Waals surface area contributed by atoms with Gasteiger partial charge in [-0.1, -0.05) is 12.1 Å². The van der Waals surface area contributed by atoms with Gasteiger partial charge in [-0.15, -0.1) is 0 Å². The molecule has 1 aromatic heterocycles. The van der Waals surface area contributed by atoms with Crippen molar-refractivity contribution in [3.8, 4) is 6.07 Å². The third kappa shape index (κ3) is 4.69. The Kier molecular flexibility index (Phi) is 5.55. The van der Waals surface area contributed by atoms with E-state index < -0.39 is 0 Å². The standard InChI is InChI=1S/C16H15BrN4O2/c1-21-10-13(17)8-14(21)16(23)20-19-15(22)7-6-11-2-4-12(9-18)5-3-11/h2-5,8,10H,6-7H2,1H3,(H,19,22)(H,20,23). The maximum atomic E-state index is 11.9. The lowest BCUT2D eigenvalue weighted by atomic mass is 10.1. The van der Waals surface area contributed by atoms with Crippen molar-refractivity contribution < 1.29 is 9.59 Å². The van der Waals surface area contributed by atoms with Gasteiger partial charge < -0.3 is 4.57 Å². The van der Waals surface area contributed by atoms with Crippen molar-refractivity contribution in [2.75, 3.05) is 0 Å². The highest BCUT2D eigenvalue weighted by atomic mass is 79.9. The Labute approximate surface area is 142 Å².